The molecule has 0 radical (unpaired) electrons. The lowest BCUT2D eigenvalue weighted by Crippen LogP contribution is -2.36. The third-order valence-corrected chi connectivity index (χ3v) is 4.73. The molecule has 0 saturated carbocycles. The molecule has 5 heteroatoms. The summed E-state index contributed by atoms with van der Waals surface area (Å²) in [6, 6.07) is 9.86. The lowest BCUT2D eigenvalue weighted by molar-refractivity contribution is -0.135. The lowest BCUT2D eigenvalue weighted by Gasteiger charge is -2.26. The minimum absolute atomic E-state index is 0.00709. The van der Waals surface area contributed by atoms with Crippen LogP contribution >= 0.6 is 0 Å². The summed E-state index contributed by atoms with van der Waals surface area (Å²) in [5.74, 6) is -0.230. The number of amides is 2. The summed E-state index contributed by atoms with van der Waals surface area (Å²) in [4.78, 5) is 28.3. The predicted octanol–water partition coefficient (Wildman–Crippen LogP) is 1.19. The highest BCUT2D eigenvalue weighted by atomic mass is 16.3. The Balaban J connectivity index is 1.67. The predicted molar refractivity (Wildman–Crippen MR) is 81.9 cm³/mol. The summed E-state index contributed by atoms with van der Waals surface area (Å²) in [5.41, 5.74) is 1.08. The largest absolute Gasteiger partial charge is 0.391 e. The molecule has 0 aromatic heterocycles. The standard InChI is InChI=1S/C17H22N2O3/c1-12(13-5-3-2-4-6-13)19-10-14(9-16(19)21)17(22)18-8-7-15(20)11-18/h2-6,12,14-15,20H,7-11H2,1H3/t12?,14?,15-/m1/s1. The first-order valence-corrected chi connectivity index (χ1v) is 7.87. The molecule has 5 nitrogen and oxygen atoms in total. The summed E-state index contributed by atoms with van der Waals surface area (Å²) in [6.07, 6.45) is 0.500. The van der Waals surface area contributed by atoms with E-state index in [1.54, 1.807) is 9.80 Å². The number of carbonyl (C=O) groups excluding carboxylic acids is 2. The van der Waals surface area contributed by atoms with E-state index in [-0.39, 0.29) is 30.2 Å². The number of hydrogen-bond acceptors (Lipinski definition) is 3. The van der Waals surface area contributed by atoms with Gasteiger partial charge in [0.2, 0.25) is 11.8 Å². The van der Waals surface area contributed by atoms with Crippen molar-refractivity contribution in [3.8, 4) is 0 Å². The van der Waals surface area contributed by atoms with Crippen LogP contribution in [0.4, 0.5) is 0 Å². The molecule has 2 unspecified atom stereocenters. The molecule has 2 fully saturated rings. The zero-order chi connectivity index (χ0) is 15.7. The number of β-amino-alcohol motifs (C(OH)–C–C–N with tert-alkyl or cyclic N) is 1. The third kappa shape index (κ3) is 2.86. The minimum Gasteiger partial charge on any atom is -0.391 e. The van der Waals surface area contributed by atoms with Gasteiger partial charge in [0, 0.05) is 26.1 Å². The van der Waals surface area contributed by atoms with Crippen molar-refractivity contribution in [3.63, 3.8) is 0 Å². The van der Waals surface area contributed by atoms with E-state index in [0.717, 1.165) is 5.56 Å². The van der Waals surface area contributed by atoms with Crippen LogP contribution in [0.25, 0.3) is 0 Å². The van der Waals surface area contributed by atoms with Gasteiger partial charge in [0.1, 0.15) is 0 Å². The number of hydrogen-bond donors (Lipinski definition) is 1. The maximum absolute atomic E-state index is 12.5. The van der Waals surface area contributed by atoms with Crippen molar-refractivity contribution in [1.29, 1.82) is 0 Å². The van der Waals surface area contributed by atoms with Gasteiger partial charge in [-0.05, 0) is 18.9 Å². The quantitative estimate of drug-likeness (QED) is 0.912. The molecule has 1 aromatic carbocycles. The molecule has 0 spiro atoms. The average Bonchev–Trinajstić information content (AvgIpc) is 3.13. The van der Waals surface area contributed by atoms with Crippen molar-refractivity contribution >= 4 is 11.8 Å². The van der Waals surface area contributed by atoms with Crippen LogP contribution in [-0.4, -0.2) is 52.5 Å². The molecule has 2 aliphatic heterocycles. The van der Waals surface area contributed by atoms with Crippen molar-refractivity contribution in [2.24, 2.45) is 5.92 Å². The Morgan fingerprint density at radius 2 is 2.00 bits per heavy atom. The Hall–Kier alpha value is -1.88. The second kappa shape index (κ2) is 6.08. The maximum atomic E-state index is 12.5. The SMILES string of the molecule is CC(c1ccccc1)N1CC(C(=O)N2CC[C@@H](O)C2)CC1=O. The molecule has 3 atom stereocenters. The first kappa shape index (κ1) is 15.0. The van der Waals surface area contributed by atoms with Gasteiger partial charge >= 0.3 is 0 Å². The van der Waals surface area contributed by atoms with Crippen LogP contribution in [-0.2, 0) is 9.59 Å². The Morgan fingerprint density at radius 1 is 1.27 bits per heavy atom. The summed E-state index contributed by atoms with van der Waals surface area (Å²) in [7, 11) is 0. The van der Waals surface area contributed by atoms with Crippen LogP contribution in [0.2, 0.25) is 0 Å². The number of rotatable bonds is 3. The van der Waals surface area contributed by atoms with Crippen LogP contribution in [0.5, 0.6) is 0 Å². The van der Waals surface area contributed by atoms with E-state index in [9.17, 15) is 14.7 Å². The fourth-order valence-corrected chi connectivity index (χ4v) is 3.38. The molecular weight excluding hydrogens is 280 g/mol. The zero-order valence-electron chi connectivity index (χ0n) is 12.8. The highest BCUT2D eigenvalue weighted by Crippen LogP contribution is 2.30. The summed E-state index contributed by atoms with van der Waals surface area (Å²) < 4.78 is 0. The second-order valence-electron chi connectivity index (χ2n) is 6.26. The fourth-order valence-electron chi connectivity index (χ4n) is 3.38. The first-order chi connectivity index (χ1) is 10.6. The topological polar surface area (TPSA) is 60.9 Å². The summed E-state index contributed by atoms with van der Waals surface area (Å²) >= 11 is 0. The van der Waals surface area contributed by atoms with Crippen molar-refractivity contribution in [2.75, 3.05) is 19.6 Å². The van der Waals surface area contributed by atoms with E-state index < -0.39 is 6.10 Å². The van der Waals surface area contributed by atoms with Gasteiger partial charge in [0.05, 0.1) is 18.1 Å². The van der Waals surface area contributed by atoms with Crippen LogP contribution < -0.4 is 0 Å². The Kier molecular flexibility index (Phi) is 4.16. The number of benzene rings is 1. The molecule has 2 amide bonds. The molecular formula is C17H22N2O3. The minimum atomic E-state index is -0.416. The molecule has 3 rings (SSSR count). The fraction of sp³-hybridized carbons (Fsp3) is 0.529. The van der Waals surface area contributed by atoms with E-state index in [1.165, 1.54) is 0 Å². The van der Waals surface area contributed by atoms with Gasteiger partial charge < -0.3 is 14.9 Å². The van der Waals surface area contributed by atoms with E-state index in [4.69, 9.17) is 0 Å². The summed E-state index contributed by atoms with van der Waals surface area (Å²) in [6.45, 7) is 3.47. The Bertz CT molecular complexity index is 560. The molecule has 1 aromatic rings. The number of aliphatic hydroxyl groups excluding tert-OH is 1. The van der Waals surface area contributed by atoms with E-state index >= 15 is 0 Å². The number of carbonyl (C=O) groups is 2. The molecule has 118 valence electrons. The summed E-state index contributed by atoms with van der Waals surface area (Å²) in [5, 5.41) is 9.56. The van der Waals surface area contributed by atoms with E-state index in [2.05, 4.69) is 0 Å². The molecule has 1 N–H and O–H groups in total. The van der Waals surface area contributed by atoms with Gasteiger partial charge in [0.25, 0.3) is 0 Å². The number of likely N-dealkylation sites (tertiary alicyclic amines) is 2. The van der Waals surface area contributed by atoms with E-state index in [0.29, 0.717) is 26.1 Å². The van der Waals surface area contributed by atoms with Crippen LogP contribution in [0.15, 0.2) is 30.3 Å². The molecule has 2 aliphatic rings. The van der Waals surface area contributed by atoms with E-state index in [1.807, 2.05) is 37.3 Å². The van der Waals surface area contributed by atoms with Gasteiger partial charge in [-0.1, -0.05) is 30.3 Å². The van der Waals surface area contributed by atoms with Crippen molar-refractivity contribution in [2.45, 2.75) is 31.9 Å². The van der Waals surface area contributed by atoms with Crippen molar-refractivity contribution < 1.29 is 14.7 Å². The first-order valence-electron chi connectivity index (χ1n) is 7.87. The molecule has 0 aliphatic carbocycles. The number of aliphatic hydroxyl groups is 1. The van der Waals surface area contributed by atoms with Gasteiger partial charge in [-0.15, -0.1) is 0 Å². The molecule has 0 bridgehead atoms. The Morgan fingerprint density at radius 3 is 2.64 bits per heavy atom. The normalized spacial score (nSPS) is 26.5. The lowest BCUT2D eigenvalue weighted by atomic mass is 10.1. The van der Waals surface area contributed by atoms with Crippen LogP contribution in [0, 0.1) is 5.92 Å². The highest BCUT2D eigenvalue weighted by molar-refractivity contribution is 5.89. The maximum Gasteiger partial charge on any atom is 0.228 e. The monoisotopic (exact) mass is 302 g/mol. The third-order valence-electron chi connectivity index (χ3n) is 4.73. The van der Waals surface area contributed by atoms with Crippen LogP contribution in [0.1, 0.15) is 31.4 Å². The van der Waals surface area contributed by atoms with Crippen molar-refractivity contribution in [3.05, 3.63) is 35.9 Å². The Labute approximate surface area is 130 Å². The average molecular weight is 302 g/mol. The van der Waals surface area contributed by atoms with Gasteiger partial charge in [-0.3, -0.25) is 9.59 Å². The van der Waals surface area contributed by atoms with Gasteiger partial charge in [-0.25, -0.2) is 0 Å². The molecule has 22 heavy (non-hydrogen) atoms. The smallest absolute Gasteiger partial charge is 0.228 e. The zero-order valence-corrected chi connectivity index (χ0v) is 12.8. The van der Waals surface area contributed by atoms with Gasteiger partial charge in [0.15, 0.2) is 0 Å². The number of nitrogens with zero attached hydrogens (tertiary/aromatic N) is 2. The van der Waals surface area contributed by atoms with Crippen molar-refractivity contribution in [1.82, 2.24) is 9.80 Å². The second-order valence-corrected chi connectivity index (χ2v) is 6.26. The molecule has 2 saturated heterocycles. The van der Waals surface area contributed by atoms with Crippen LogP contribution in [0.3, 0.4) is 0 Å². The highest BCUT2D eigenvalue weighted by Gasteiger charge is 2.40. The van der Waals surface area contributed by atoms with Gasteiger partial charge in [-0.2, -0.15) is 0 Å². The molecule has 2 heterocycles.